The zero-order valence-corrected chi connectivity index (χ0v) is 13.0. The van der Waals surface area contributed by atoms with Gasteiger partial charge in [0.2, 0.25) is 5.95 Å². The Hall–Kier alpha value is -1.11. The summed E-state index contributed by atoms with van der Waals surface area (Å²) in [6.45, 7) is 5.76. The molecular weight excluding hydrogens is 320 g/mol. The Morgan fingerprint density at radius 3 is 2.85 bits per heavy atom. The van der Waals surface area contributed by atoms with Gasteiger partial charge in [0.1, 0.15) is 0 Å². The molecule has 1 aliphatic heterocycles. The second-order valence-corrected chi connectivity index (χ2v) is 5.98. The monoisotopic (exact) mass is 338 g/mol. The Kier molecular flexibility index (Phi) is 4.24. The Morgan fingerprint density at radius 2 is 2.05 bits per heavy atom. The van der Waals surface area contributed by atoms with Crippen molar-refractivity contribution in [1.29, 1.82) is 0 Å². The zero-order chi connectivity index (χ0) is 13.9. The van der Waals surface area contributed by atoms with Crippen LogP contribution in [0.15, 0.2) is 22.7 Å². The first-order valence-corrected chi connectivity index (χ1v) is 7.75. The minimum absolute atomic E-state index is 0.597. The molecule has 2 aromatic rings. The molecule has 0 radical (unpaired) electrons. The maximum absolute atomic E-state index is 6.03. The number of benzene rings is 1. The van der Waals surface area contributed by atoms with E-state index in [1.807, 2.05) is 12.1 Å². The van der Waals surface area contributed by atoms with Gasteiger partial charge in [-0.1, -0.05) is 15.9 Å². The van der Waals surface area contributed by atoms with E-state index in [9.17, 15) is 0 Å². The molecule has 0 bridgehead atoms. The van der Waals surface area contributed by atoms with Crippen molar-refractivity contribution in [2.45, 2.75) is 13.0 Å². The van der Waals surface area contributed by atoms with Gasteiger partial charge in [0.25, 0.3) is 0 Å². The highest BCUT2D eigenvalue weighted by atomic mass is 79.9. The fourth-order valence-electron chi connectivity index (χ4n) is 2.63. The average molecular weight is 339 g/mol. The number of halogens is 1. The summed E-state index contributed by atoms with van der Waals surface area (Å²) in [7, 11) is 0. The molecule has 0 spiro atoms. The molecule has 0 atom stereocenters. The summed E-state index contributed by atoms with van der Waals surface area (Å²) in [5.74, 6) is 0.597. The van der Waals surface area contributed by atoms with Crippen LogP contribution in [0.25, 0.3) is 11.0 Å². The van der Waals surface area contributed by atoms with Crippen LogP contribution < -0.4 is 5.73 Å². The minimum Gasteiger partial charge on any atom is -0.379 e. The second kappa shape index (κ2) is 6.11. The lowest BCUT2D eigenvalue weighted by Gasteiger charge is -2.26. The van der Waals surface area contributed by atoms with E-state index < -0.39 is 0 Å². The van der Waals surface area contributed by atoms with Gasteiger partial charge < -0.3 is 15.0 Å². The van der Waals surface area contributed by atoms with Gasteiger partial charge in [0.05, 0.1) is 24.2 Å². The normalized spacial score (nSPS) is 16.9. The number of imidazole rings is 1. The number of hydrogen-bond acceptors (Lipinski definition) is 4. The molecule has 0 amide bonds. The first-order chi connectivity index (χ1) is 9.74. The molecule has 20 heavy (non-hydrogen) atoms. The minimum atomic E-state index is 0.597. The number of hydrogen-bond donors (Lipinski definition) is 1. The first-order valence-electron chi connectivity index (χ1n) is 6.95. The van der Waals surface area contributed by atoms with Crippen molar-refractivity contribution in [2.24, 2.45) is 0 Å². The van der Waals surface area contributed by atoms with Crippen molar-refractivity contribution in [3.05, 3.63) is 22.7 Å². The van der Waals surface area contributed by atoms with Crippen molar-refractivity contribution in [3.8, 4) is 0 Å². The highest BCUT2D eigenvalue weighted by Crippen LogP contribution is 2.22. The van der Waals surface area contributed by atoms with Gasteiger partial charge >= 0.3 is 0 Å². The number of morpholine rings is 1. The fraction of sp³-hybridized carbons (Fsp3) is 0.500. The molecule has 0 unspecified atom stereocenters. The summed E-state index contributed by atoms with van der Waals surface area (Å²) < 4.78 is 8.49. The Bertz CT molecular complexity index is 592. The van der Waals surface area contributed by atoms with Gasteiger partial charge in [-0.15, -0.1) is 0 Å². The van der Waals surface area contributed by atoms with Crippen LogP contribution in [0, 0.1) is 0 Å². The van der Waals surface area contributed by atoms with Gasteiger partial charge in [0.15, 0.2) is 0 Å². The third-order valence-electron chi connectivity index (χ3n) is 3.70. The smallest absolute Gasteiger partial charge is 0.201 e. The van der Waals surface area contributed by atoms with Crippen molar-refractivity contribution in [2.75, 3.05) is 38.6 Å². The van der Waals surface area contributed by atoms with Gasteiger partial charge in [-0.05, 0) is 24.6 Å². The molecule has 1 saturated heterocycles. The van der Waals surface area contributed by atoms with Gasteiger partial charge in [-0.25, -0.2) is 4.98 Å². The largest absolute Gasteiger partial charge is 0.379 e. The van der Waals surface area contributed by atoms with E-state index in [4.69, 9.17) is 10.5 Å². The number of aryl methyl sites for hydroxylation is 1. The summed E-state index contributed by atoms with van der Waals surface area (Å²) in [5, 5.41) is 0. The number of nitrogen functional groups attached to an aromatic ring is 1. The molecular formula is C14H19BrN4O. The molecule has 6 heteroatoms. The quantitative estimate of drug-likeness (QED) is 0.927. The van der Waals surface area contributed by atoms with E-state index in [2.05, 4.69) is 36.4 Å². The summed E-state index contributed by atoms with van der Waals surface area (Å²) in [4.78, 5) is 6.86. The molecule has 2 N–H and O–H groups in total. The summed E-state index contributed by atoms with van der Waals surface area (Å²) in [5.41, 5.74) is 8.08. The van der Waals surface area contributed by atoms with Crippen LogP contribution in [0.2, 0.25) is 0 Å². The predicted molar refractivity (Wildman–Crippen MR) is 83.7 cm³/mol. The number of ether oxygens (including phenoxy) is 1. The van der Waals surface area contributed by atoms with Crippen LogP contribution in [-0.2, 0) is 11.3 Å². The molecule has 0 saturated carbocycles. The topological polar surface area (TPSA) is 56.3 Å². The third-order valence-corrected chi connectivity index (χ3v) is 4.19. The highest BCUT2D eigenvalue weighted by Gasteiger charge is 2.11. The Morgan fingerprint density at radius 1 is 1.25 bits per heavy atom. The number of rotatable bonds is 4. The molecule has 2 heterocycles. The fourth-order valence-corrected chi connectivity index (χ4v) is 2.98. The number of nitrogens with zero attached hydrogens (tertiary/aromatic N) is 3. The van der Waals surface area contributed by atoms with Crippen LogP contribution in [0.3, 0.4) is 0 Å². The summed E-state index contributed by atoms with van der Waals surface area (Å²) in [6.07, 6.45) is 1.08. The van der Waals surface area contributed by atoms with Crippen LogP contribution in [0.1, 0.15) is 6.42 Å². The van der Waals surface area contributed by atoms with E-state index in [1.54, 1.807) is 0 Å². The molecule has 3 rings (SSSR count). The van der Waals surface area contributed by atoms with Gasteiger partial charge in [-0.2, -0.15) is 0 Å². The first kappa shape index (κ1) is 13.9. The van der Waals surface area contributed by atoms with Crippen LogP contribution >= 0.6 is 15.9 Å². The SMILES string of the molecule is Nc1nc2cc(Br)ccc2n1CCCN1CCOCC1. The number of aromatic nitrogens is 2. The highest BCUT2D eigenvalue weighted by molar-refractivity contribution is 9.10. The Labute approximate surface area is 126 Å². The van der Waals surface area contributed by atoms with Crippen molar-refractivity contribution in [1.82, 2.24) is 14.5 Å². The van der Waals surface area contributed by atoms with E-state index in [0.29, 0.717) is 5.95 Å². The molecule has 1 aliphatic rings. The third kappa shape index (κ3) is 2.97. The lowest BCUT2D eigenvalue weighted by atomic mass is 10.3. The molecule has 1 aromatic carbocycles. The Balaban J connectivity index is 1.66. The second-order valence-electron chi connectivity index (χ2n) is 5.06. The molecule has 0 aliphatic carbocycles. The average Bonchev–Trinajstić information content (AvgIpc) is 2.75. The van der Waals surface area contributed by atoms with Crippen molar-refractivity contribution >= 4 is 32.9 Å². The van der Waals surface area contributed by atoms with Crippen LogP contribution in [-0.4, -0.2) is 47.3 Å². The predicted octanol–water partition coefficient (Wildman–Crippen LogP) is 2.10. The summed E-state index contributed by atoms with van der Waals surface area (Å²) >= 11 is 3.46. The number of fused-ring (bicyclic) bond motifs is 1. The summed E-state index contributed by atoms with van der Waals surface area (Å²) in [6, 6.07) is 6.10. The van der Waals surface area contributed by atoms with Crippen LogP contribution in [0.5, 0.6) is 0 Å². The molecule has 1 fully saturated rings. The maximum Gasteiger partial charge on any atom is 0.201 e. The standard InChI is InChI=1S/C14H19BrN4O/c15-11-2-3-13-12(10-11)17-14(16)19(13)5-1-4-18-6-8-20-9-7-18/h2-3,10H,1,4-9H2,(H2,16,17). The van der Waals surface area contributed by atoms with E-state index >= 15 is 0 Å². The lowest BCUT2D eigenvalue weighted by molar-refractivity contribution is 0.0370. The van der Waals surface area contributed by atoms with Gasteiger partial charge in [-0.3, -0.25) is 4.90 Å². The molecule has 5 nitrogen and oxygen atoms in total. The zero-order valence-electron chi connectivity index (χ0n) is 11.4. The van der Waals surface area contributed by atoms with Crippen molar-refractivity contribution < 1.29 is 4.74 Å². The van der Waals surface area contributed by atoms with E-state index in [1.165, 1.54) is 0 Å². The van der Waals surface area contributed by atoms with Crippen molar-refractivity contribution in [3.63, 3.8) is 0 Å². The maximum atomic E-state index is 6.03. The molecule has 108 valence electrons. The number of nitrogens with two attached hydrogens (primary N) is 1. The lowest BCUT2D eigenvalue weighted by Crippen LogP contribution is -2.37. The number of anilines is 1. The van der Waals surface area contributed by atoms with Gasteiger partial charge in [0, 0.05) is 30.7 Å². The molecule has 1 aromatic heterocycles. The van der Waals surface area contributed by atoms with E-state index in [-0.39, 0.29) is 0 Å². The van der Waals surface area contributed by atoms with E-state index in [0.717, 1.165) is 61.3 Å². The van der Waals surface area contributed by atoms with Crippen LogP contribution in [0.4, 0.5) is 5.95 Å².